The number of aliphatic carboxylic acids is 1. The predicted molar refractivity (Wildman–Crippen MR) is 213 cm³/mol. The Hall–Kier alpha value is -7.19. The lowest BCUT2D eigenvalue weighted by Crippen LogP contribution is -2.60. The van der Waals surface area contributed by atoms with E-state index in [-0.39, 0.29) is 6.42 Å². The number of carbonyl (C=O) groups is 11. The Labute approximate surface area is 352 Å². The number of hydrogen-bond acceptors (Lipinski definition) is 14. The van der Waals surface area contributed by atoms with Gasteiger partial charge in [0.1, 0.15) is 36.8 Å². The number of aromatic nitrogens is 1. The third-order valence-corrected chi connectivity index (χ3v) is 8.55. The highest BCUT2D eigenvalue weighted by atomic mass is 16.4. The number of aliphatic hydroxyl groups is 2. The fourth-order valence-corrected chi connectivity index (χ4v) is 5.32. The highest BCUT2D eigenvalue weighted by molar-refractivity contribution is 5.98. The molecule has 0 bridgehead atoms. The van der Waals surface area contributed by atoms with Crippen LogP contribution >= 0.6 is 0 Å². The summed E-state index contributed by atoms with van der Waals surface area (Å²) >= 11 is 0. The molecule has 0 spiro atoms. The highest BCUT2D eigenvalue weighted by Crippen LogP contribution is 2.19. The number of nitrogens with one attached hydrogen (secondary N) is 10. The van der Waals surface area contributed by atoms with Crippen LogP contribution in [-0.2, 0) is 59.2 Å². The molecule has 0 aliphatic rings. The minimum atomic E-state index is -1.69. The van der Waals surface area contributed by atoms with E-state index in [0.29, 0.717) is 16.5 Å². The summed E-state index contributed by atoms with van der Waals surface area (Å²) in [6.07, 6.45) is -0.948. The first-order chi connectivity index (χ1) is 29.1. The van der Waals surface area contributed by atoms with Gasteiger partial charge in [0.15, 0.2) is 0 Å². The quantitative estimate of drug-likeness (QED) is 0.0441. The Bertz CT molecular complexity index is 1990. The van der Waals surface area contributed by atoms with Crippen molar-refractivity contribution < 1.29 is 68.1 Å². The number of nitrogens with two attached hydrogens (primary N) is 2. The number of hydrogen-bond donors (Lipinski definition) is 15. The third-order valence-electron chi connectivity index (χ3n) is 8.55. The molecule has 1 aromatic heterocycles. The zero-order valence-corrected chi connectivity index (χ0v) is 33.9. The fraction of sp³-hybridized carbons (Fsp3) is 0.472. The first-order valence-electron chi connectivity index (χ1n) is 18.8. The Kier molecular flexibility index (Phi) is 20.4. The van der Waals surface area contributed by atoms with Gasteiger partial charge >= 0.3 is 5.97 Å². The number of carbonyl (C=O) groups excluding carboxylic acids is 10. The molecule has 0 aliphatic carbocycles. The summed E-state index contributed by atoms with van der Waals surface area (Å²) in [6, 6.07) is -1.62. The van der Waals surface area contributed by atoms with Crippen LogP contribution in [0.4, 0.5) is 0 Å². The van der Waals surface area contributed by atoms with E-state index in [1.165, 1.54) is 20.8 Å². The third kappa shape index (κ3) is 17.2. The minimum absolute atomic E-state index is 0.198. The Balaban J connectivity index is 2.15. The Morgan fingerprint density at radius 2 is 1.16 bits per heavy atom. The molecular formula is C36H52N12O14. The van der Waals surface area contributed by atoms with Crippen molar-refractivity contribution in [2.75, 3.05) is 32.8 Å². The van der Waals surface area contributed by atoms with Crippen LogP contribution in [0.2, 0.25) is 0 Å². The van der Waals surface area contributed by atoms with E-state index in [1.807, 2.05) is 5.32 Å². The monoisotopic (exact) mass is 876 g/mol. The van der Waals surface area contributed by atoms with Crippen molar-refractivity contribution in [1.82, 2.24) is 52.8 Å². The SMILES string of the molecule is C[C@H](N)C(=O)NCC(=O)N[C@@H](C)C(=O)N[C@H](C(=O)N[C@@H](Cc1c[nH]c2ccccc12)C(=O)NCC(=O)N[C@@H](CC(N)=O)C(=O)NCC(=O)N[C@@H](CO)C(=O)NCC(=O)O)[C@@H](C)O. The molecule has 0 radical (unpaired) electrons. The Morgan fingerprint density at radius 1 is 0.645 bits per heavy atom. The largest absolute Gasteiger partial charge is 0.480 e. The zero-order chi connectivity index (χ0) is 46.7. The average molecular weight is 877 g/mol. The van der Waals surface area contributed by atoms with Gasteiger partial charge in [-0.3, -0.25) is 52.7 Å². The fourth-order valence-electron chi connectivity index (χ4n) is 5.32. The Morgan fingerprint density at radius 3 is 1.71 bits per heavy atom. The number of H-pyrrole nitrogens is 1. The normalized spacial score (nSPS) is 14.2. The summed E-state index contributed by atoms with van der Waals surface area (Å²) in [5, 5.41) is 49.2. The molecular weight excluding hydrogens is 824 g/mol. The molecule has 10 amide bonds. The maximum atomic E-state index is 13.6. The maximum absolute atomic E-state index is 13.6. The molecule has 0 aliphatic heterocycles. The second-order valence-electron chi connectivity index (χ2n) is 13.8. The number of aromatic amines is 1. The van der Waals surface area contributed by atoms with E-state index in [9.17, 15) is 63.0 Å². The van der Waals surface area contributed by atoms with Gasteiger partial charge in [-0.2, -0.15) is 0 Å². The number of primary amides is 1. The molecule has 1 aromatic carbocycles. The van der Waals surface area contributed by atoms with Crippen LogP contribution in [-0.4, -0.2) is 160 Å². The molecule has 26 heteroatoms. The number of fused-ring (bicyclic) bond motifs is 1. The van der Waals surface area contributed by atoms with Gasteiger partial charge in [-0.15, -0.1) is 0 Å². The first kappa shape index (κ1) is 51.0. The second kappa shape index (κ2) is 24.8. The molecule has 62 heavy (non-hydrogen) atoms. The molecule has 340 valence electrons. The number of benzene rings is 1. The van der Waals surface area contributed by atoms with Crippen molar-refractivity contribution in [1.29, 1.82) is 0 Å². The van der Waals surface area contributed by atoms with Crippen LogP contribution in [0.1, 0.15) is 32.8 Å². The number of para-hydroxylation sites is 1. The maximum Gasteiger partial charge on any atom is 0.322 e. The van der Waals surface area contributed by atoms with Gasteiger partial charge < -0.3 is 79.6 Å². The number of aliphatic hydroxyl groups excluding tert-OH is 2. The molecule has 0 unspecified atom stereocenters. The molecule has 2 rings (SSSR count). The molecule has 0 saturated heterocycles. The van der Waals surface area contributed by atoms with Crippen LogP contribution < -0.4 is 59.3 Å². The lowest BCUT2D eigenvalue weighted by molar-refractivity contribution is -0.138. The van der Waals surface area contributed by atoms with Crippen LogP contribution in [0.3, 0.4) is 0 Å². The minimum Gasteiger partial charge on any atom is -0.480 e. The van der Waals surface area contributed by atoms with Crippen molar-refractivity contribution >= 4 is 75.9 Å². The molecule has 26 nitrogen and oxygen atoms in total. The summed E-state index contributed by atoms with van der Waals surface area (Å²) < 4.78 is 0. The van der Waals surface area contributed by atoms with E-state index in [4.69, 9.17) is 16.6 Å². The summed E-state index contributed by atoms with van der Waals surface area (Å²) in [6.45, 7) is -0.0708. The van der Waals surface area contributed by atoms with Crippen LogP contribution in [0.25, 0.3) is 10.9 Å². The standard InChI is InChI=1S/C36H52N12O14/c1-16(37)31(57)40-11-26(52)44-17(2)32(58)48-30(18(3)50)36(62)47-22(8-19-10-39-21-7-5-4-6-20(19)21)33(59)41-12-27(53)45-23(9-25(38)51)34(60)42-13-28(54)46-24(15-49)35(61)43-14-29(55)56/h4-7,10,16-18,22-24,30,39,49-50H,8-9,11-15,37H2,1-3H3,(H2,38,51)(H,40,57)(H,41,59)(H,42,60)(H,43,61)(H,44,52)(H,45,53)(H,46,54)(H,47,62)(H,48,58)(H,55,56)/t16-,17-,18+,22-,23-,24-,30-/m0/s1. The smallest absolute Gasteiger partial charge is 0.322 e. The average Bonchev–Trinajstić information content (AvgIpc) is 3.62. The number of amides is 10. The van der Waals surface area contributed by atoms with Gasteiger partial charge in [-0.1, -0.05) is 18.2 Å². The number of carboxylic acids is 1. The molecule has 0 fully saturated rings. The van der Waals surface area contributed by atoms with Gasteiger partial charge in [0.2, 0.25) is 59.1 Å². The van der Waals surface area contributed by atoms with E-state index >= 15 is 0 Å². The topological polar surface area (TPSA) is 425 Å². The van der Waals surface area contributed by atoms with E-state index in [2.05, 4.69) is 47.5 Å². The van der Waals surface area contributed by atoms with Gasteiger partial charge in [0.05, 0.1) is 44.8 Å². The van der Waals surface area contributed by atoms with Gasteiger partial charge in [-0.05, 0) is 32.4 Å². The lowest BCUT2D eigenvalue weighted by Gasteiger charge is -2.26. The predicted octanol–water partition coefficient (Wildman–Crippen LogP) is -7.70. The summed E-state index contributed by atoms with van der Waals surface area (Å²) in [5.41, 5.74) is 11.9. The van der Waals surface area contributed by atoms with Crippen LogP contribution in [0, 0.1) is 0 Å². The van der Waals surface area contributed by atoms with Gasteiger partial charge in [0.25, 0.3) is 0 Å². The molecule has 0 saturated carbocycles. The van der Waals surface area contributed by atoms with Crippen LogP contribution in [0.15, 0.2) is 30.5 Å². The van der Waals surface area contributed by atoms with E-state index < -0.39 is 147 Å². The first-order valence-corrected chi connectivity index (χ1v) is 18.8. The van der Waals surface area contributed by atoms with Gasteiger partial charge in [-0.25, -0.2) is 0 Å². The molecule has 1 heterocycles. The van der Waals surface area contributed by atoms with Crippen molar-refractivity contribution in [3.63, 3.8) is 0 Å². The molecule has 17 N–H and O–H groups in total. The molecule has 7 atom stereocenters. The van der Waals surface area contributed by atoms with Crippen molar-refractivity contribution in [2.24, 2.45) is 11.5 Å². The van der Waals surface area contributed by atoms with Crippen molar-refractivity contribution in [3.8, 4) is 0 Å². The lowest BCUT2D eigenvalue weighted by atomic mass is 10.0. The summed E-state index contributed by atoms with van der Waals surface area (Å²) in [4.78, 5) is 140. The molecule has 2 aromatic rings. The van der Waals surface area contributed by atoms with E-state index in [1.54, 1.807) is 30.5 Å². The highest BCUT2D eigenvalue weighted by Gasteiger charge is 2.32. The number of carboxylic acid groups (broad SMARTS) is 1. The second-order valence-corrected chi connectivity index (χ2v) is 13.8. The summed E-state index contributed by atoms with van der Waals surface area (Å²) in [7, 11) is 0. The van der Waals surface area contributed by atoms with Gasteiger partial charge in [0, 0.05) is 23.5 Å². The number of rotatable bonds is 25. The van der Waals surface area contributed by atoms with Crippen molar-refractivity contribution in [2.45, 2.75) is 76.0 Å². The zero-order valence-electron chi connectivity index (χ0n) is 33.9. The van der Waals surface area contributed by atoms with Crippen LogP contribution in [0.5, 0.6) is 0 Å². The summed E-state index contributed by atoms with van der Waals surface area (Å²) in [5.74, 6) is -11.0. The van der Waals surface area contributed by atoms with Crippen molar-refractivity contribution in [3.05, 3.63) is 36.0 Å². The van der Waals surface area contributed by atoms with E-state index in [0.717, 1.165) is 0 Å².